The molecule has 0 saturated carbocycles. The van der Waals surface area contributed by atoms with Gasteiger partial charge in [0, 0.05) is 11.6 Å². The van der Waals surface area contributed by atoms with Crippen LogP contribution in [-0.2, 0) is 4.79 Å². The Kier molecular flexibility index (Phi) is 5.73. The van der Waals surface area contributed by atoms with Crippen molar-refractivity contribution in [2.75, 3.05) is 14.2 Å². The van der Waals surface area contributed by atoms with Gasteiger partial charge in [0.2, 0.25) is 0 Å². The van der Waals surface area contributed by atoms with E-state index in [2.05, 4.69) is 0 Å². The second kappa shape index (κ2) is 7.97. The van der Waals surface area contributed by atoms with Crippen LogP contribution < -0.4 is 9.47 Å². The van der Waals surface area contributed by atoms with Gasteiger partial charge >= 0.3 is 0 Å². The minimum Gasteiger partial charge on any atom is -0.504 e. The fourth-order valence-corrected chi connectivity index (χ4v) is 1.97. The maximum absolute atomic E-state index is 13.8. The Hall–Kier alpha value is -3.08. The van der Waals surface area contributed by atoms with Crippen LogP contribution in [0.25, 0.3) is 12.2 Å². The van der Waals surface area contributed by atoms with Gasteiger partial charge in [-0.05, 0) is 48.1 Å². The number of halogens is 1. The highest BCUT2D eigenvalue weighted by Gasteiger charge is 2.02. The normalized spacial score (nSPS) is 11.1. The molecule has 0 atom stereocenters. The van der Waals surface area contributed by atoms with Crippen LogP contribution in [0.4, 0.5) is 4.39 Å². The standard InChI is InChI=1S/C19H17FO4/c1-23-16-9-6-14(17(20)12-16)5-8-15(21)7-3-13-4-10-18(22)19(11-13)24-2/h3-12,22H,1-2H3/b7-3+,8-5+. The summed E-state index contributed by atoms with van der Waals surface area (Å²) in [5, 5.41) is 9.51. The molecule has 2 aromatic carbocycles. The van der Waals surface area contributed by atoms with E-state index in [0.717, 1.165) is 0 Å². The smallest absolute Gasteiger partial charge is 0.178 e. The molecule has 0 radical (unpaired) electrons. The van der Waals surface area contributed by atoms with Gasteiger partial charge in [0.25, 0.3) is 0 Å². The van der Waals surface area contributed by atoms with E-state index in [1.165, 1.54) is 50.6 Å². The third kappa shape index (κ3) is 4.46. The third-order valence-electron chi connectivity index (χ3n) is 3.28. The number of benzene rings is 2. The molecule has 2 rings (SSSR count). The van der Waals surface area contributed by atoms with E-state index in [9.17, 15) is 14.3 Å². The highest BCUT2D eigenvalue weighted by molar-refractivity contribution is 6.04. The van der Waals surface area contributed by atoms with E-state index in [4.69, 9.17) is 9.47 Å². The highest BCUT2D eigenvalue weighted by atomic mass is 19.1. The Morgan fingerprint density at radius 3 is 2.46 bits per heavy atom. The van der Waals surface area contributed by atoms with E-state index < -0.39 is 5.82 Å². The highest BCUT2D eigenvalue weighted by Crippen LogP contribution is 2.26. The van der Waals surface area contributed by atoms with Gasteiger partial charge in [0.05, 0.1) is 14.2 Å². The van der Waals surface area contributed by atoms with Crippen molar-refractivity contribution in [3.05, 3.63) is 65.5 Å². The van der Waals surface area contributed by atoms with Crippen LogP contribution in [0.2, 0.25) is 0 Å². The van der Waals surface area contributed by atoms with Crippen LogP contribution in [0.1, 0.15) is 11.1 Å². The first-order chi connectivity index (χ1) is 11.5. The Balaban J connectivity index is 2.07. The molecule has 24 heavy (non-hydrogen) atoms. The number of hydrogen-bond acceptors (Lipinski definition) is 4. The Labute approximate surface area is 139 Å². The molecule has 2 aromatic rings. The second-order valence-electron chi connectivity index (χ2n) is 4.89. The number of ketones is 1. The molecule has 5 heteroatoms. The van der Waals surface area contributed by atoms with E-state index in [-0.39, 0.29) is 11.5 Å². The lowest BCUT2D eigenvalue weighted by Crippen LogP contribution is -1.89. The molecule has 124 valence electrons. The molecule has 0 aliphatic heterocycles. The zero-order valence-corrected chi connectivity index (χ0v) is 13.3. The van der Waals surface area contributed by atoms with Crippen molar-refractivity contribution < 1.29 is 23.8 Å². The summed E-state index contributed by atoms with van der Waals surface area (Å²) in [6.45, 7) is 0. The zero-order valence-electron chi connectivity index (χ0n) is 13.3. The average Bonchev–Trinajstić information content (AvgIpc) is 2.59. The quantitative estimate of drug-likeness (QED) is 0.819. The summed E-state index contributed by atoms with van der Waals surface area (Å²) in [4.78, 5) is 11.8. The van der Waals surface area contributed by atoms with Gasteiger partial charge in [-0.3, -0.25) is 4.79 Å². The molecule has 0 aliphatic rings. The van der Waals surface area contributed by atoms with Crippen molar-refractivity contribution in [3.63, 3.8) is 0 Å². The van der Waals surface area contributed by atoms with E-state index in [0.29, 0.717) is 22.6 Å². The molecule has 4 nitrogen and oxygen atoms in total. The first-order valence-corrected chi connectivity index (χ1v) is 7.14. The molecule has 0 fully saturated rings. The second-order valence-corrected chi connectivity index (χ2v) is 4.89. The van der Waals surface area contributed by atoms with Crippen LogP contribution in [0, 0.1) is 5.82 Å². The lowest BCUT2D eigenvalue weighted by molar-refractivity contribution is -0.110. The molecule has 0 amide bonds. The summed E-state index contributed by atoms with van der Waals surface area (Å²) < 4.78 is 23.7. The summed E-state index contributed by atoms with van der Waals surface area (Å²) in [5.74, 6) is -0.00337. The first-order valence-electron chi connectivity index (χ1n) is 7.14. The summed E-state index contributed by atoms with van der Waals surface area (Å²) >= 11 is 0. The summed E-state index contributed by atoms with van der Waals surface area (Å²) in [6, 6.07) is 9.13. The molecular formula is C19H17FO4. The van der Waals surface area contributed by atoms with Crippen molar-refractivity contribution in [1.29, 1.82) is 0 Å². The molecule has 0 saturated heterocycles. The van der Waals surface area contributed by atoms with E-state index in [1.807, 2.05) is 0 Å². The van der Waals surface area contributed by atoms with Gasteiger partial charge in [-0.25, -0.2) is 4.39 Å². The predicted octanol–water partition coefficient (Wildman–Crippen LogP) is 3.84. The van der Waals surface area contributed by atoms with Gasteiger partial charge in [-0.2, -0.15) is 0 Å². The monoisotopic (exact) mass is 328 g/mol. The number of allylic oxidation sites excluding steroid dienone is 2. The zero-order chi connectivity index (χ0) is 17.5. The van der Waals surface area contributed by atoms with Crippen molar-refractivity contribution in [1.82, 2.24) is 0 Å². The molecule has 0 bridgehead atoms. The minimum absolute atomic E-state index is 0.0239. The first kappa shape index (κ1) is 17.3. The molecular weight excluding hydrogens is 311 g/mol. The number of phenols is 1. The van der Waals surface area contributed by atoms with Crippen molar-refractivity contribution in [2.45, 2.75) is 0 Å². The van der Waals surface area contributed by atoms with Gasteiger partial charge in [0.15, 0.2) is 17.3 Å². The van der Waals surface area contributed by atoms with Gasteiger partial charge < -0.3 is 14.6 Å². The largest absolute Gasteiger partial charge is 0.504 e. The number of aromatic hydroxyl groups is 1. The lowest BCUT2D eigenvalue weighted by Gasteiger charge is -2.03. The maximum Gasteiger partial charge on any atom is 0.178 e. The Morgan fingerprint density at radius 2 is 1.79 bits per heavy atom. The van der Waals surface area contributed by atoms with Crippen LogP contribution in [-0.4, -0.2) is 25.1 Å². The van der Waals surface area contributed by atoms with Crippen molar-refractivity contribution >= 4 is 17.9 Å². The maximum atomic E-state index is 13.8. The SMILES string of the molecule is COc1ccc(/C=C/C(=O)/C=C/c2ccc(O)c(OC)c2)c(F)c1. The predicted molar refractivity (Wildman–Crippen MR) is 90.7 cm³/mol. The molecule has 0 aliphatic carbocycles. The van der Waals surface area contributed by atoms with Crippen molar-refractivity contribution in [3.8, 4) is 17.2 Å². The lowest BCUT2D eigenvalue weighted by atomic mass is 10.1. The van der Waals surface area contributed by atoms with Crippen LogP contribution in [0.3, 0.4) is 0 Å². The molecule has 0 unspecified atom stereocenters. The fourth-order valence-electron chi connectivity index (χ4n) is 1.97. The number of ether oxygens (including phenoxy) is 2. The fraction of sp³-hybridized carbons (Fsp3) is 0.105. The van der Waals surface area contributed by atoms with Crippen LogP contribution >= 0.6 is 0 Å². The Bertz CT molecular complexity index is 794. The van der Waals surface area contributed by atoms with E-state index in [1.54, 1.807) is 24.3 Å². The van der Waals surface area contributed by atoms with E-state index >= 15 is 0 Å². The van der Waals surface area contributed by atoms with Gasteiger partial charge in [-0.1, -0.05) is 12.1 Å². The van der Waals surface area contributed by atoms with Crippen molar-refractivity contribution in [2.24, 2.45) is 0 Å². The molecule has 0 spiro atoms. The van der Waals surface area contributed by atoms with Gasteiger partial charge in [0.1, 0.15) is 11.6 Å². The molecule has 0 heterocycles. The molecule has 1 N–H and O–H groups in total. The number of methoxy groups -OCH3 is 2. The summed E-state index contributed by atoms with van der Waals surface area (Å²) in [7, 11) is 2.90. The summed E-state index contributed by atoms with van der Waals surface area (Å²) in [6.07, 6.45) is 5.61. The number of rotatable bonds is 6. The van der Waals surface area contributed by atoms with Crippen LogP contribution in [0.5, 0.6) is 17.2 Å². The Morgan fingerprint density at radius 1 is 1.04 bits per heavy atom. The number of carbonyl (C=O) groups is 1. The van der Waals surface area contributed by atoms with Gasteiger partial charge in [-0.15, -0.1) is 0 Å². The topological polar surface area (TPSA) is 55.8 Å². The average molecular weight is 328 g/mol. The summed E-state index contributed by atoms with van der Waals surface area (Å²) in [5.41, 5.74) is 0.992. The number of hydrogen-bond donors (Lipinski definition) is 1. The molecule has 0 aromatic heterocycles. The number of carbonyl (C=O) groups excluding carboxylic acids is 1. The minimum atomic E-state index is -0.467. The third-order valence-corrected chi connectivity index (χ3v) is 3.28. The van der Waals surface area contributed by atoms with Crippen LogP contribution in [0.15, 0.2) is 48.6 Å². The number of phenolic OH excluding ortho intramolecular Hbond substituents is 1.